The Balaban J connectivity index is 2.65. The fourth-order valence-corrected chi connectivity index (χ4v) is 2.16. The van der Waals surface area contributed by atoms with Crippen LogP contribution in [0.4, 0.5) is 0 Å². The molecular weight excluding hydrogens is 196 g/mol. The molecule has 0 N–H and O–H groups in total. The predicted octanol–water partition coefficient (Wildman–Crippen LogP) is 1.09. The Morgan fingerprint density at radius 2 is 1.33 bits per heavy atom. The molecule has 0 spiro atoms. The van der Waals surface area contributed by atoms with Crippen molar-refractivity contribution in [3.63, 3.8) is 0 Å². The monoisotopic (exact) mass is 206 g/mol. The maximum atomic E-state index is 10.2. The van der Waals surface area contributed by atoms with Crippen LogP contribution in [-0.2, 0) is 22.9 Å². The number of hydrogen-bond acceptors (Lipinski definition) is 4. The van der Waals surface area contributed by atoms with Crippen molar-refractivity contribution in [1.29, 1.82) is 0 Å². The Morgan fingerprint density at radius 3 is 1.67 bits per heavy atom. The van der Waals surface area contributed by atoms with E-state index in [0.29, 0.717) is 0 Å². The third kappa shape index (κ3) is 2.60. The zero-order valence-corrected chi connectivity index (χ0v) is 8.14. The van der Waals surface area contributed by atoms with Crippen LogP contribution in [0.25, 0.3) is 0 Å². The molecule has 1 aliphatic carbocycles. The van der Waals surface area contributed by atoms with Gasteiger partial charge in [-0.25, -0.2) is 0 Å². The van der Waals surface area contributed by atoms with Gasteiger partial charge in [-0.2, -0.15) is 17.1 Å². The molecule has 0 aromatic rings. The molecule has 1 aliphatic rings. The van der Waals surface area contributed by atoms with E-state index >= 15 is 0 Å². The summed E-state index contributed by atoms with van der Waals surface area (Å²) in [7, 11) is 0. The van der Waals surface area contributed by atoms with Gasteiger partial charge in [0.05, 0.1) is 12.1 Å². The second kappa shape index (κ2) is 5.31. The second-order valence-corrected chi connectivity index (χ2v) is 3.50. The number of rotatable bonds is 2. The van der Waals surface area contributed by atoms with Crippen molar-refractivity contribution in [2.75, 3.05) is 0 Å². The first kappa shape index (κ1) is 9.73. The van der Waals surface area contributed by atoms with Crippen molar-refractivity contribution in [2.24, 2.45) is 8.73 Å². The van der Waals surface area contributed by atoms with Crippen LogP contribution in [0, 0.1) is 0 Å². The second-order valence-electron chi connectivity index (χ2n) is 2.78. The third-order valence-corrected chi connectivity index (χ3v) is 2.76. The summed E-state index contributed by atoms with van der Waals surface area (Å²) >= 11 is 0.483. The standard InChI is InChI=1S/C6H10N2O2S2/c9-11-7-5-3-1-2-4-6(5)8-12-10/h5-6H,1-4H2. The fraction of sp³-hybridized carbons (Fsp3) is 1.00. The van der Waals surface area contributed by atoms with Gasteiger partial charge in [0.1, 0.15) is 0 Å². The highest BCUT2D eigenvalue weighted by molar-refractivity contribution is 7.54. The van der Waals surface area contributed by atoms with E-state index in [1.54, 1.807) is 0 Å². The molecule has 2 atom stereocenters. The highest BCUT2D eigenvalue weighted by Crippen LogP contribution is 2.23. The molecule has 6 heteroatoms. The lowest BCUT2D eigenvalue weighted by atomic mass is 9.92. The van der Waals surface area contributed by atoms with Gasteiger partial charge in [-0.05, 0) is 12.8 Å². The van der Waals surface area contributed by atoms with Crippen molar-refractivity contribution in [3.05, 3.63) is 0 Å². The molecule has 0 radical (unpaired) electrons. The van der Waals surface area contributed by atoms with Crippen molar-refractivity contribution in [1.82, 2.24) is 0 Å². The first-order valence-corrected chi connectivity index (χ1v) is 5.26. The van der Waals surface area contributed by atoms with Crippen LogP contribution in [0.1, 0.15) is 25.7 Å². The average Bonchev–Trinajstić information content (AvgIpc) is 2.09. The van der Waals surface area contributed by atoms with E-state index in [9.17, 15) is 8.42 Å². The maximum Gasteiger partial charge on any atom is 0.199 e. The summed E-state index contributed by atoms with van der Waals surface area (Å²) in [6.07, 6.45) is 3.96. The highest BCUT2D eigenvalue weighted by atomic mass is 32.1. The topological polar surface area (TPSA) is 58.9 Å². The van der Waals surface area contributed by atoms with Crippen LogP contribution >= 0.6 is 0 Å². The molecule has 0 bridgehead atoms. The van der Waals surface area contributed by atoms with Gasteiger partial charge in [0, 0.05) is 0 Å². The molecule has 0 saturated heterocycles. The summed E-state index contributed by atoms with van der Waals surface area (Å²) in [5, 5.41) is 0. The first-order chi connectivity index (χ1) is 5.88. The Hall–Kier alpha value is -0.360. The third-order valence-electron chi connectivity index (χ3n) is 2.05. The van der Waals surface area contributed by atoms with E-state index in [4.69, 9.17) is 0 Å². The van der Waals surface area contributed by atoms with Crippen molar-refractivity contribution >= 4 is 22.9 Å². The minimum Gasteiger partial charge on any atom is -0.191 e. The minimum atomic E-state index is -0.0253. The normalized spacial score (nSPS) is 29.0. The summed E-state index contributed by atoms with van der Waals surface area (Å²) in [4.78, 5) is 0. The quantitative estimate of drug-likeness (QED) is 0.679. The number of nitrogens with zero attached hydrogens (tertiary/aromatic N) is 2. The summed E-state index contributed by atoms with van der Waals surface area (Å²) < 4.78 is 27.9. The van der Waals surface area contributed by atoms with E-state index in [1.807, 2.05) is 0 Å². The van der Waals surface area contributed by atoms with Crippen LogP contribution in [0.3, 0.4) is 0 Å². The van der Waals surface area contributed by atoms with Gasteiger partial charge >= 0.3 is 0 Å². The zero-order valence-electron chi connectivity index (χ0n) is 6.51. The van der Waals surface area contributed by atoms with E-state index in [-0.39, 0.29) is 35.0 Å². The Labute approximate surface area is 78.2 Å². The Bertz CT molecular complexity index is 220. The molecule has 2 unspecified atom stereocenters. The Kier molecular flexibility index (Phi) is 4.31. The molecule has 68 valence electrons. The molecule has 1 fully saturated rings. The minimum absolute atomic E-state index is 0.0253. The van der Waals surface area contributed by atoms with Crippen molar-refractivity contribution < 1.29 is 8.42 Å². The summed E-state index contributed by atoms with van der Waals surface area (Å²) in [6, 6.07) is -0.0506. The molecule has 0 aliphatic heterocycles. The highest BCUT2D eigenvalue weighted by Gasteiger charge is 2.24. The van der Waals surface area contributed by atoms with Crippen molar-refractivity contribution in [3.8, 4) is 0 Å². The van der Waals surface area contributed by atoms with Crippen LogP contribution in [0.2, 0.25) is 0 Å². The van der Waals surface area contributed by atoms with Crippen LogP contribution in [0.15, 0.2) is 8.73 Å². The van der Waals surface area contributed by atoms with Gasteiger partial charge in [-0.3, -0.25) is 0 Å². The fourth-order valence-electron chi connectivity index (χ4n) is 1.45. The molecule has 1 saturated carbocycles. The lowest BCUT2D eigenvalue weighted by Gasteiger charge is -2.22. The summed E-state index contributed by atoms with van der Waals surface area (Å²) in [5.41, 5.74) is 0. The molecule has 0 aromatic heterocycles. The van der Waals surface area contributed by atoms with E-state index in [2.05, 4.69) is 8.73 Å². The van der Waals surface area contributed by atoms with Gasteiger partial charge in [0.15, 0.2) is 22.9 Å². The molecule has 4 nitrogen and oxygen atoms in total. The van der Waals surface area contributed by atoms with Crippen LogP contribution in [0.5, 0.6) is 0 Å². The smallest absolute Gasteiger partial charge is 0.191 e. The first-order valence-electron chi connectivity index (χ1n) is 3.86. The summed E-state index contributed by atoms with van der Waals surface area (Å²) in [5.74, 6) is 0. The molecular formula is C6H10N2O2S2. The van der Waals surface area contributed by atoms with Gasteiger partial charge in [-0.1, -0.05) is 12.8 Å². The zero-order chi connectivity index (χ0) is 8.81. The average molecular weight is 206 g/mol. The summed E-state index contributed by atoms with van der Waals surface area (Å²) in [6.45, 7) is 0. The molecule has 1 rings (SSSR count). The molecule has 0 amide bonds. The number of hydrogen-bond donors (Lipinski definition) is 0. The van der Waals surface area contributed by atoms with Crippen molar-refractivity contribution in [2.45, 2.75) is 37.8 Å². The van der Waals surface area contributed by atoms with Gasteiger partial charge in [0.25, 0.3) is 0 Å². The van der Waals surface area contributed by atoms with Crippen LogP contribution in [-0.4, -0.2) is 20.5 Å². The molecule has 12 heavy (non-hydrogen) atoms. The SMILES string of the molecule is O=S=NC1CCCCC1N=S=O. The largest absolute Gasteiger partial charge is 0.199 e. The Morgan fingerprint density at radius 1 is 0.917 bits per heavy atom. The predicted molar refractivity (Wildman–Crippen MR) is 47.2 cm³/mol. The lowest BCUT2D eigenvalue weighted by molar-refractivity contribution is 0.393. The molecule has 0 heterocycles. The van der Waals surface area contributed by atoms with Gasteiger partial charge < -0.3 is 0 Å². The van der Waals surface area contributed by atoms with Crippen LogP contribution < -0.4 is 0 Å². The van der Waals surface area contributed by atoms with Gasteiger partial charge in [-0.15, -0.1) is 0 Å². The van der Waals surface area contributed by atoms with Gasteiger partial charge in [0.2, 0.25) is 0 Å². The van der Waals surface area contributed by atoms with E-state index in [1.165, 1.54) is 0 Å². The maximum absolute atomic E-state index is 10.2. The lowest BCUT2D eigenvalue weighted by Crippen LogP contribution is -2.25. The molecule has 0 aromatic carbocycles. The van der Waals surface area contributed by atoms with E-state index < -0.39 is 0 Å². The van der Waals surface area contributed by atoms with E-state index in [0.717, 1.165) is 25.7 Å².